The number of hydrogen-bond acceptors (Lipinski definition) is 4. The summed E-state index contributed by atoms with van der Waals surface area (Å²) < 4.78 is 29.0. The minimum atomic E-state index is -3.63. The Balaban J connectivity index is 3.07. The molecule has 0 aliphatic heterocycles. The molecular weight excluding hydrogens is 264 g/mol. The molecule has 110 valence electrons. The average molecular weight is 288 g/mol. The second-order valence-corrected chi connectivity index (χ2v) is 6.67. The van der Waals surface area contributed by atoms with E-state index in [-0.39, 0.29) is 10.7 Å². The molecule has 6 nitrogen and oxygen atoms in total. The molecule has 0 atom stereocenters. The smallest absolute Gasteiger partial charge is 0.246 e. The lowest BCUT2D eigenvalue weighted by molar-refractivity contribution is 0.389. The van der Waals surface area contributed by atoms with Crippen LogP contribution in [0, 0.1) is 0 Å². The third kappa shape index (κ3) is 3.70. The van der Waals surface area contributed by atoms with Crippen LogP contribution in [0.5, 0.6) is 0 Å². The molecule has 0 aliphatic carbocycles. The number of nitrogens with one attached hydrogen (secondary N) is 1. The Morgan fingerprint density at radius 1 is 1.37 bits per heavy atom. The van der Waals surface area contributed by atoms with Crippen molar-refractivity contribution in [2.24, 2.45) is 0 Å². The Kier molecular flexibility index (Phi) is 4.98. The van der Waals surface area contributed by atoms with E-state index in [0.29, 0.717) is 19.4 Å². The van der Waals surface area contributed by atoms with Crippen LogP contribution in [-0.4, -0.2) is 23.7 Å². The van der Waals surface area contributed by atoms with Crippen LogP contribution >= 0.6 is 0 Å². The fourth-order valence-corrected chi connectivity index (χ4v) is 3.37. The Bertz CT molecular complexity index is 518. The van der Waals surface area contributed by atoms with Gasteiger partial charge < -0.3 is 5.73 Å². The molecule has 1 heterocycles. The zero-order valence-electron chi connectivity index (χ0n) is 12.1. The first-order chi connectivity index (χ1) is 8.78. The largest absolute Gasteiger partial charge is 0.381 e. The second kappa shape index (κ2) is 5.92. The quantitative estimate of drug-likeness (QED) is 0.799. The average Bonchev–Trinajstić information content (AvgIpc) is 2.71. The summed E-state index contributed by atoms with van der Waals surface area (Å²) in [5.74, 6) is 0.0514. The number of nitrogen functional groups attached to an aromatic ring is 1. The van der Waals surface area contributed by atoms with E-state index in [9.17, 15) is 8.42 Å². The van der Waals surface area contributed by atoms with Crippen molar-refractivity contribution in [2.75, 3.05) is 5.73 Å². The van der Waals surface area contributed by atoms with E-state index in [0.717, 1.165) is 6.42 Å². The molecule has 0 unspecified atom stereocenters. The topological polar surface area (TPSA) is 90.0 Å². The summed E-state index contributed by atoms with van der Waals surface area (Å²) >= 11 is 0. The van der Waals surface area contributed by atoms with E-state index in [1.807, 2.05) is 27.7 Å². The summed E-state index contributed by atoms with van der Waals surface area (Å²) in [7, 11) is -3.63. The van der Waals surface area contributed by atoms with Gasteiger partial charge in [-0.2, -0.15) is 5.10 Å². The Morgan fingerprint density at radius 2 is 1.95 bits per heavy atom. The van der Waals surface area contributed by atoms with Crippen LogP contribution in [0.4, 0.5) is 5.82 Å². The van der Waals surface area contributed by atoms with Crippen molar-refractivity contribution in [3.63, 3.8) is 0 Å². The lowest BCUT2D eigenvalue weighted by Gasteiger charge is -2.27. The van der Waals surface area contributed by atoms with Crippen LogP contribution < -0.4 is 10.5 Å². The highest BCUT2D eigenvalue weighted by molar-refractivity contribution is 7.89. The van der Waals surface area contributed by atoms with Crippen molar-refractivity contribution in [1.82, 2.24) is 14.5 Å². The molecule has 19 heavy (non-hydrogen) atoms. The monoisotopic (exact) mass is 288 g/mol. The molecule has 0 aliphatic rings. The van der Waals surface area contributed by atoms with Gasteiger partial charge in [-0.15, -0.1) is 0 Å². The van der Waals surface area contributed by atoms with E-state index in [1.54, 1.807) is 4.68 Å². The molecule has 0 fully saturated rings. The number of sulfonamides is 1. The predicted octanol–water partition coefficient (Wildman–Crippen LogP) is 1.73. The molecule has 0 spiro atoms. The third-order valence-corrected chi connectivity index (χ3v) is 5.09. The summed E-state index contributed by atoms with van der Waals surface area (Å²) in [5, 5.41) is 4.02. The van der Waals surface area contributed by atoms with Gasteiger partial charge in [-0.3, -0.25) is 4.68 Å². The van der Waals surface area contributed by atoms with Crippen LogP contribution in [0.1, 0.15) is 47.0 Å². The number of aryl methyl sites for hydroxylation is 1. The fraction of sp³-hybridized carbons (Fsp3) is 0.750. The van der Waals surface area contributed by atoms with Gasteiger partial charge in [0.15, 0.2) is 5.82 Å². The van der Waals surface area contributed by atoms with E-state index < -0.39 is 15.6 Å². The minimum Gasteiger partial charge on any atom is -0.381 e. The van der Waals surface area contributed by atoms with Gasteiger partial charge in [0.25, 0.3) is 0 Å². The van der Waals surface area contributed by atoms with Gasteiger partial charge in [0.2, 0.25) is 10.0 Å². The van der Waals surface area contributed by atoms with Crippen molar-refractivity contribution >= 4 is 15.8 Å². The van der Waals surface area contributed by atoms with Gasteiger partial charge in [0.1, 0.15) is 4.90 Å². The zero-order chi connectivity index (χ0) is 14.7. The van der Waals surface area contributed by atoms with Crippen molar-refractivity contribution in [3.05, 3.63) is 6.20 Å². The van der Waals surface area contributed by atoms with Gasteiger partial charge >= 0.3 is 0 Å². The van der Waals surface area contributed by atoms with Gasteiger partial charge in [-0.05, 0) is 26.2 Å². The molecule has 3 N–H and O–H groups in total. The van der Waals surface area contributed by atoms with Crippen LogP contribution in [0.25, 0.3) is 0 Å². The maximum atomic E-state index is 12.4. The van der Waals surface area contributed by atoms with Crippen molar-refractivity contribution in [2.45, 2.75) is 63.9 Å². The second-order valence-electron chi connectivity index (χ2n) is 5.01. The third-order valence-electron chi connectivity index (χ3n) is 3.44. The van der Waals surface area contributed by atoms with Gasteiger partial charge in [0.05, 0.1) is 0 Å². The van der Waals surface area contributed by atoms with E-state index >= 15 is 0 Å². The standard InChI is InChI=1S/C12H24N4O2S/c1-5-8-16-9-10(11(13)14-16)19(17,18)15-12(4,6-2)7-3/h9,15H,5-8H2,1-4H3,(H2,13,14). The molecule has 1 rings (SSSR count). The summed E-state index contributed by atoms with van der Waals surface area (Å²) in [6.07, 6.45) is 3.79. The minimum absolute atomic E-state index is 0.0514. The van der Waals surface area contributed by atoms with Gasteiger partial charge in [-0.25, -0.2) is 13.1 Å². The van der Waals surface area contributed by atoms with Crippen LogP contribution in [-0.2, 0) is 16.6 Å². The van der Waals surface area contributed by atoms with Crippen LogP contribution in [0.2, 0.25) is 0 Å². The van der Waals surface area contributed by atoms with E-state index in [1.165, 1.54) is 6.20 Å². The van der Waals surface area contributed by atoms with Crippen LogP contribution in [0.15, 0.2) is 11.1 Å². The van der Waals surface area contributed by atoms with Gasteiger partial charge in [-0.1, -0.05) is 20.8 Å². The summed E-state index contributed by atoms with van der Waals surface area (Å²) in [6, 6.07) is 0. The molecule has 0 amide bonds. The number of anilines is 1. The maximum absolute atomic E-state index is 12.4. The molecule has 0 saturated carbocycles. The number of rotatable bonds is 7. The van der Waals surface area contributed by atoms with Crippen molar-refractivity contribution in [1.29, 1.82) is 0 Å². The molecule has 1 aromatic heterocycles. The lowest BCUT2D eigenvalue weighted by Crippen LogP contribution is -2.44. The Morgan fingerprint density at radius 3 is 2.42 bits per heavy atom. The number of hydrogen-bond donors (Lipinski definition) is 2. The molecule has 1 aromatic rings. The van der Waals surface area contributed by atoms with E-state index in [2.05, 4.69) is 9.82 Å². The van der Waals surface area contributed by atoms with Crippen molar-refractivity contribution in [3.8, 4) is 0 Å². The molecule has 0 bridgehead atoms. The number of nitrogens with zero attached hydrogens (tertiary/aromatic N) is 2. The number of nitrogens with two attached hydrogens (primary N) is 1. The predicted molar refractivity (Wildman–Crippen MR) is 76.2 cm³/mol. The maximum Gasteiger partial charge on any atom is 0.246 e. The fourth-order valence-electron chi connectivity index (χ4n) is 1.74. The SMILES string of the molecule is CCCn1cc(S(=O)(=O)NC(C)(CC)CC)c(N)n1. The lowest BCUT2D eigenvalue weighted by atomic mass is 9.98. The highest BCUT2D eigenvalue weighted by atomic mass is 32.2. The van der Waals surface area contributed by atoms with E-state index in [4.69, 9.17) is 5.73 Å². The Hall–Kier alpha value is -1.08. The molecule has 7 heteroatoms. The molecule has 0 saturated heterocycles. The zero-order valence-corrected chi connectivity index (χ0v) is 12.9. The highest BCUT2D eigenvalue weighted by Crippen LogP contribution is 2.22. The van der Waals surface area contributed by atoms with Crippen LogP contribution in [0.3, 0.4) is 0 Å². The first-order valence-electron chi connectivity index (χ1n) is 6.65. The van der Waals surface area contributed by atoms with Gasteiger partial charge in [0, 0.05) is 18.3 Å². The molecule has 0 radical (unpaired) electrons. The summed E-state index contributed by atoms with van der Waals surface area (Å²) in [4.78, 5) is 0.0640. The number of aromatic nitrogens is 2. The summed E-state index contributed by atoms with van der Waals surface area (Å²) in [5.41, 5.74) is 5.25. The summed E-state index contributed by atoms with van der Waals surface area (Å²) in [6.45, 7) is 8.44. The molecule has 0 aromatic carbocycles. The van der Waals surface area contributed by atoms with Crippen molar-refractivity contribution < 1.29 is 8.42 Å². The normalized spacial score (nSPS) is 12.8. The highest BCUT2D eigenvalue weighted by Gasteiger charge is 2.30. The first kappa shape index (κ1) is 16.0. The Labute approximate surface area is 115 Å². The first-order valence-corrected chi connectivity index (χ1v) is 8.13. The molecular formula is C12H24N4O2S.